The van der Waals surface area contributed by atoms with E-state index in [1.807, 2.05) is 6.92 Å². The van der Waals surface area contributed by atoms with Crippen molar-refractivity contribution < 1.29 is 18.8 Å². The van der Waals surface area contributed by atoms with E-state index in [1.54, 1.807) is 0 Å². The van der Waals surface area contributed by atoms with Crippen LogP contribution in [0.1, 0.15) is 30.1 Å². The van der Waals surface area contributed by atoms with Crippen LogP contribution in [-0.4, -0.2) is 17.4 Å². The van der Waals surface area contributed by atoms with E-state index < -0.39 is 16.6 Å². The number of ether oxygens (including phenoxy) is 1. The third-order valence-electron chi connectivity index (χ3n) is 3.28. The molecule has 0 aromatic heterocycles. The zero-order chi connectivity index (χ0) is 17.5. The van der Waals surface area contributed by atoms with Gasteiger partial charge in [0.15, 0.2) is 0 Å². The molecular formula is C17H17FN2O4. The number of hydrogen-bond donors (Lipinski definition) is 1. The molecule has 0 saturated carbocycles. The molecule has 0 spiro atoms. The Morgan fingerprint density at radius 1 is 1.25 bits per heavy atom. The molecule has 6 nitrogen and oxygen atoms in total. The molecule has 0 unspecified atom stereocenters. The van der Waals surface area contributed by atoms with Gasteiger partial charge in [0.25, 0.3) is 11.6 Å². The van der Waals surface area contributed by atoms with Crippen molar-refractivity contribution >= 4 is 11.6 Å². The largest absolute Gasteiger partial charge is 0.457 e. The quantitative estimate of drug-likeness (QED) is 0.471. The van der Waals surface area contributed by atoms with Gasteiger partial charge in [-0.15, -0.1) is 0 Å². The van der Waals surface area contributed by atoms with Crippen LogP contribution >= 0.6 is 0 Å². The molecular weight excluding hydrogens is 315 g/mol. The Morgan fingerprint density at radius 2 is 1.96 bits per heavy atom. The van der Waals surface area contributed by atoms with Gasteiger partial charge in [0.05, 0.1) is 10.5 Å². The van der Waals surface area contributed by atoms with Gasteiger partial charge >= 0.3 is 0 Å². The fourth-order valence-electron chi connectivity index (χ4n) is 2.00. The maximum Gasteiger partial charge on any atom is 0.270 e. The van der Waals surface area contributed by atoms with Gasteiger partial charge in [-0.05, 0) is 36.8 Å². The Morgan fingerprint density at radius 3 is 2.58 bits per heavy atom. The predicted octanol–water partition coefficient (Wildman–Crippen LogP) is 4.06. The van der Waals surface area contributed by atoms with Gasteiger partial charge in [0.1, 0.15) is 17.3 Å². The van der Waals surface area contributed by atoms with Crippen LogP contribution in [0.25, 0.3) is 0 Å². The maximum absolute atomic E-state index is 13.0. The standard InChI is InChI=1S/C17H17FN2O4/c1-2-3-10-19-17(21)15-11-13(20(22)23)6-9-16(15)24-14-7-4-12(18)5-8-14/h4-9,11H,2-3,10H2,1H3,(H,19,21). The number of nitro benzene ring substituents is 1. The number of nitrogens with one attached hydrogen (secondary N) is 1. The molecule has 126 valence electrons. The first kappa shape index (κ1) is 17.4. The Hall–Kier alpha value is -2.96. The van der Waals surface area contributed by atoms with Crippen molar-refractivity contribution in [2.75, 3.05) is 6.54 Å². The molecule has 0 atom stereocenters. The second-order valence-electron chi connectivity index (χ2n) is 5.10. The van der Waals surface area contributed by atoms with Crippen molar-refractivity contribution in [3.63, 3.8) is 0 Å². The topological polar surface area (TPSA) is 81.5 Å². The molecule has 24 heavy (non-hydrogen) atoms. The normalized spacial score (nSPS) is 10.2. The summed E-state index contributed by atoms with van der Waals surface area (Å²) in [5.41, 5.74) is -0.147. The average Bonchev–Trinajstić information content (AvgIpc) is 2.57. The molecule has 0 fully saturated rings. The fraction of sp³-hybridized carbons (Fsp3) is 0.235. The molecule has 1 N–H and O–H groups in total. The number of carbonyl (C=O) groups is 1. The molecule has 0 aliphatic heterocycles. The van der Waals surface area contributed by atoms with Gasteiger partial charge in [-0.2, -0.15) is 0 Å². The van der Waals surface area contributed by atoms with Crippen LogP contribution in [0.15, 0.2) is 42.5 Å². The van der Waals surface area contributed by atoms with E-state index in [9.17, 15) is 19.3 Å². The van der Waals surface area contributed by atoms with E-state index in [0.717, 1.165) is 12.8 Å². The fourth-order valence-corrected chi connectivity index (χ4v) is 2.00. The van der Waals surface area contributed by atoms with Gasteiger partial charge in [0, 0.05) is 18.7 Å². The zero-order valence-electron chi connectivity index (χ0n) is 13.1. The van der Waals surface area contributed by atoms with Crippen molar-refractivity contribution in [1.29, 1.82) is 0 Å². The molecule has 0 bridgehead atoms. The number of nitrogens with zero attached hydrogens (tertiary/aromatic N) is 1. The summed E-state index contributed by atoms with van der Waals surface area (Å²) in [6, 6.07) is 9.05. The lowest BCUT2D eigenvalue weighted by atomic mass is 10.1. The summed E-state index contributed by atoms with van der Waals surface area (Å²) in [5, 5.41) is 13.6. The Labute approximate surface area is 138 Å². The van der Waals surface area contributed by atoms with Crippen molar-refractivity contribution in [3.8, 4) is 11.5 Å². The lowest BCUT2D eigenvalue weighted by Crippen LogP contribution is -2.24. The smallest absolute Gasteiger partial charge is 0.270 e. The molecule has 0 heterocycles. The number of amides is 1. The van der Waals surface area contributed by atoms with E-state index in [1.165, 1.54) is 42.5 Å². The van der Waals surface area contributed by atoms with Gasteiger partial charge < -0.3 is 10.1 Å². The summed E-state index contributed by atoms with van der Waals surface area (Å²) in [6.45, 7) is 2.45. The predicted molar refractivity (Wildman–Crippen MR) is 86.8 cm³/mol. The number of rotatable bonds is 7. The highest BCUT2D eigenvalue weighted by Crippen LogP contribution is 2.29. The molecule has 7 heteroatoms. The first-order chi connectivity index (χ1) is 11.5. The molecule has 0 radical (unpaired) electrons. The molecule has 2 rings (SSSR count). The molecule has 0 aliphatic carbocycles. The summed E-state index contributed by atoms with van der Waals surface area (Å²) >= 11 is 0. The van der Waals surface area contributed by atoms with Crippen molar-refractivity contribution in [2.45, 2.75) is 19.8 Å². The summed E-state index contributed by atoms with van der Waals surface area (Å²) in [7, 11) is 0. The summed E-state index contributed by atoms with van der Waals surface area (Å²) < 4.78 is 18.5. The van der Waals surface area contributed by atoms with E-state index in [2.05, 4.69) is 5.32 Å². The molecule has 2 aromatic carbocycles. The number of carbonyl (C=O) groups excluding carboxylic acids is 1. The second-order valence-corrected chi connectivity index (χ2v) is 5.10. The number of halogens is 1. The number of benzene rings is 2. The highest BCUT2D eigenvalue weighted by Gasteiger charge is 2.18. The van der Waals surface area contributed by atoms with Crippen LogP contribution < -0.4 is 10.1 Å². The van der Waals surface area contributed by atoms with Crippen LogP contribution in [0.5, 0.6) is 11.5 Å². The first-order valence-electron chi connectivity index (χ1n) is 7.51. The Kier molecular flexibility index (Phi) is 5.83. The number of unbranched alkanes of at least 4 members (excludes halogenated alkanes) is 1. The Bertz CT molecular complexity index is 732. The van der Waals surface area contributed by atoms with Gasteiger partial charge in [0.2, 0.25) is 0 Å². The third kappa shape index (κ3) is 4.52. The van der Waals surface area contributed by atoms with Gasteiger partial charge in [-0.3, -0.25) is 14.9 Å². The van der Waals surface area contributed by atoms with Crippen LogP contribution in [-0.2, 0) is 0 Å². The van der Waals surface area contributed by atoms with Gasteiger partial charge in [-0.25, -0.2) is 4.39 Å². The highest BCUT2D eigenvalue weighted by molar-refractivity contribution is 5.97. The van der Waals surface area contributed by atoms with Crippen molar-refractivity contribution in [3.05, 3.63) is 64.0 Å². The molecule has 0 aliphatic rings. The molecule has 2 aromatic rings. The maximum atomic E-state index is 13.0. The first-order valence-corrected chi connectivity index (χ1v) is 7.51. The van der Waals surface area contributed by atoms with Crippen LogP contribution in [0.3, 0.4) is 0 Å². The monoisotopic (exact) mass is 332 g/mol. The lowest BCUT2D eigenvalue weighted by molar-refractivity contribution is -0.384. The second kappa shape index (κ2) is 8.05. The van der Waals surface area contributed by atoms with E-state index in [0.29, 0.717) is 12.3 Å². The summed E-state index contributed by atoms with van der Waals surface area (Å²) in [4.78, 5) is 22.6. The summed E-state index contributed by atoms with van der Waals surface area (Å²) in [5.74, 6) is -0.373. The van der Waals surface area contributed by atoms with Crippen molar-refractivity contribution in [1.82, 2.24) is 5.32 Å². The number of non-ortho nitro benzene ring substituents is 1. The average molecular weight is 332 g/mol. The van der Waals surface area contributed by atoms with Crippen LogP contribution in [0.4, 0.5) is 10.1 Å². The summed E-state index contributed by atoms with van der Waals surface area (Å²) in [6.07, 6.45) is 1.71. The van der Waals surface area contributed by atoms with E-state index >= 15 is 0 Å². The number of hydrogen-bond acceptors (Lipinski definition) is 4. The van der Waals surface area contributed by atoms with Crippen LogP contribution in [0.2, 0.25) is 0 Å². The minimum absolute atomic E-state index is 0.0598. The van der Waals surface area contributed by atoms with E-state index in [-0.39, 0.29) is 17.0 Å². The number of nitro groups is 1. The zero-order valence-corrected chi connectivity index (χ0v) is 13.1. The molecule has 1 amide bonds. The van der Waals surface area contributed by atoms with Crippen molar-refractivity contribution in [2.24, 2.45) is 0 Å². The third-order valence-corrected chi connectivity index (χ3v) is 3.28. The molecule has 0 saturated heterocycles. The lowest BCUT2D eigenvalue weighted by Gasteiger charge is -2.11. The minimum atomic E-state index is -0.579. The van der Waals surface area contributed by atoms with Crippen LogP contribution in [0, 0.1) is 15.9 Å². The SMILES string of the molecule is CCCCNC(=O)c1cc([N+](=O)[O-])ccc1Oc1ccc(F)cc1. The highest BCUT2D eigenvalue weighted by atomic mass is 19.1. The Balaban J connectivity index is 2.29. The van der Waals surface area contributed by atoms with Gasteiger partial charge in [-0.1, -0.05) is 13.3 Å². The van der Waals surface area contributed by atoms with E-state index in [4.69, 9.17) is 4.74 Å². The minimum Gasteiger partial charge on any atom is -0.457 e.